The van der Waals surface area contributed by atoms with Crippen LogP contribution in [0.3, 0.4) is 0 Å². The maximum atomic E-state index is 12.4. The lowest BCUT2D eigenvalue weighted by Gasteiger charge is -2.25. The van der Waals surface area contributed by atoms with E-state index in [9.17, 15) is 9.59 Å². The zero-order chi connectivity index (χ0) is 17.6. The molecule has 2 fully saturated rings. The average molecular weight is 366 g/mol. The number of carbonyl (C=O) groups excluding carboxylic acids is 2. The molecule has 1 aromatic heterocycles. The minimum atomic E-state index is -0.295. The van der Waals surface area contributed by atoms with Crippen molar-refractivity contribution in [2.45, 2.75) is 45.4 Å². The topological polar surface area (TPSA) is 83.6 Å². The molecule has 8 heteroatoms. The van der Waals surface area contributed by atoms with E-state index in [0.29, 0.717) is 23.8 Å². The summed E-state index contributed by atoms with van der Waals surface area (Å²) in [5, 5.41) is 0.834. The van der Waals surface area contributed by atoms with Crippen molar-refractivity contribution >= 4 is 28.3 Å². The number of nitrogens with one attached hydrogen (secondary N) is 2. The SMILES string of the molecule is Cc1nc(N2CCOCC2)sc1C(=O)NNC(=O)C1CCCCCC1. The first-order chi connectivity index (χ1) is 12.1. The van der Waals surface area contributed by atoms with Crippen molar-refractivity contribution in [1.82, 2.24) is 15.8 Å². The Hall–Kier alpha value is -1.67. The quantitative estimate of drug-likeness (QED) is 0.632. The lowest BCUT2D eigenvalue weighted by Crippen LogP contribution is -2.44. The number of nitrogens with zero attached hydrogens (tertiary/aromatic N) is 2. The molecule has 2 heterocycles. The van der Waals surface area contributed by atoms with Gasteiger partial charge in [0.05, 0.1) is 18.9 Å². The molecule has 1 saturated heterocycles. The molecule has 7 nitrogen and oxygen atoms in total. The van der Waals surface area contributed by atoms with Crippen LogP contribution in [0.5, 0.6) is 0 Å². The van der Waals surface area contributed by atoms with E-state index in [0.717, 1.165) is 43.9 Å². The fourth-order valence-corrected chi connectivity index (χ4v) is 4.32. The van der Waals surface area contributed by atoms with Crippen LogP contribution in [0, 0.1) is 12.8 Å². The second-order valence-electron chi connectivity index (χ2n) is 6.64. The van der Waals surface area contributed by atoms with Gasteiger partial charge in [0.1, 0.15) is 4.88 Å². The zero-order valence-corrected chi connectivity index (χ0v) is 15.5. The number of aryl methyl sites for hydroxylation is 1. The lowest BCUT2D eigenvalue weighted by atomic mass is 10.00. The summed E-state index contributed by atoms with van der Waals surface area (Å²) in [6.07, 6.45) is 6.37. The Morgan fingerprint density at radius 3 is 2.48 bits per heavy atom. The predicted octanol–water partition coefficient (Wildman–Crippen LogP) is 2.02. The molecule has 138 valence electrons. The van der Waals surface area contributed by atoms with Crippen molar-refractivity contribution in [1.29, 1.82) is 0 Å². The molecule has 1 saturated carbocycles. The summed E-state index contributed by atoms with van der Waals surface area (Å²) in [6, 6.07) is 0. The Labute approximate surface area is 152 Å². The number of hydrogen-bond donors (Lipinski definition) is 2. The van der Waals surface area contributed by atoms with Crippen LogP contribution in [0.25, 0.3) is 0 Å². The van der Waals surface area contributed by atoms with Gasteiger partial charge in [0.25, 0.3) is 5.91 Å². The van der Waals surface area contributed by atoms with Crippen molar-refractivity contribution in [3.8, 4) is 0 Å². The molecule has 1 aliphatic heterocycles. The van der Waals surface area contributed by atoms with Gasteiger partial charge in [0, 0.05) is 19.0 Å². The number of hydrogen-bond acceptors (Lipinski definition) is 6. The summed E-state index contributed by atoms with van der Waals surface area (Å²) < 4.78 is 5.35. The smallest absolute Gasteiger partial charge is 0.281 e. The van der Waals surface area contributed by atoms with Gasteiger partial charge in [0.15, 0.2) is 5.13 Å². The number of rotatable bonds is 3. The van der Waals surface area contributed by atoms with E-state index in [1.807, 2.05) is 6.92 Å². The minimum absolute atomic E-state index is 0.00858. The number of carbonyl (C=O) groups is 2. The summed E-state index contributed by atoms with van der Waals surface area (Å²) in [6.45, 7) is 4.75. The van der Waals surface area contributed by atoms with Crippen LogP contribution in [0.15, 0.2) is 0 Å². The fourth-order valence-electron chi connectivity index (χ4n) is 3.30. The Morgan fingerprint density at radius 2 is 1.80 bits per heavy atom. The zero-order valence-electron chi connectivity index (χ0n) is 14.7. The maximum absolute atomic E-state index is 12.4. The molecule has 0 atom stereocenters. The third-order valence-electron chi connectivity index (χ3n) is 4.80. The van der Waals surface area contributed by atoms with Crippen molar-refractivity contribution in [3.05, 3.63) is 10.6 Å². The molecule has 0 unspecified atom stereocenters. The minimum Gasteiger partial charge on any atom is -0.378 e. The van der Waals surface area contributed by atoms with Crippen LogP contribution in [0.2, 0.25) is 0 Å². The Kier molecular flexibility index (Phi) is 6.25. The molecule has 1 aliphatic carbocycles. The van der Waals surface area contributed by atoms with Gasteiger partial charge < -0.3 is 9.64 Å². The standard InChI is InChI=1S/C17H26N4O3S/c1-12-14(25-17(18-12)21-8-10-24-11-9-21)16(23)20-19-15(22)13-6-4-2-3-5-7-13/h13H,2-11H2,1H3,(H,19,22)(H,20,23). The van der Waals surface area contributed by atoms with E-state index in [4.69, 9.17) is 4.74 Å². The Bertz CT molecular complexity index is 605. The largest absolute Gasteiger partial charge is 0.378 e. The maximum Gasteiger partial charge on any atom is 0.281 e. The van der Waals surface area contributed by atoms with Gasteiger partial charge in [-0.3, -0.25) is 20.4 Å². The summed E-state index contributed by atoms with van der Waals surface area (Å²) in [5.41, 5.74) is 5.85. The molecular formula is C17H26N4O3S. The molecule has 2 aliphatic rings. The van der Waals surface area contributed by atoms with Gasteiger partial charge in [-0.25, -0.2) is 4.98 Å². The van der Waals surface area contributed by atoms with Gasteiger partial charge in [-0.15, -0.1) is 0 Å². The third-order valence-corrected chi connectivity index (χ3v) is 6.02. The number of thiazole rings is 1. The molecule has 0 bridgehead atoms. The molecule has 2 amide bonds. The number of ether oxygens (including phenoxy) is 1. The van der Waals surface area contributed by atoms with Crippen LogP contribution < -0.4 is 15.8 Å². The fraction of sp³-hybridized carbons (Fsp3) is 0.706. The van der Waals surface area contributed by atoms with Gasteiger partial charge in [-0.1, -0.05) is 37.0 Å². The molecule has 0 spiro atoms. The van der Waals surface area contributed by atoms with Gasteiger partial charge in [0.2, 0.25) is 5.91 Å². The molecule has 2 N–H and O–H groups in total. The second kappa shape index (κ2) is 8.62. The second-order valence-corrected chi connectivity index (χ2v) is 7.62. The number of aromatic nitrogens is 1. The van der Waals surface area contributed by atoms with Gasteiger partial charge in [-0.2, -0.15) is 0 Å². The van der Waals surface area contributed by atoms with Crippen LogP contribution in [-0.4, -0.2) is 43.1 Å². The van der Waals surface area contributed by atoms with Crippen LogP contribution in [-0.2, 0) is 9.53 Å². The molecule has 0 radical (unpaired) electrons. The molecule has 1 aromatic rings. The Morgan fingerprint density at radius 1 is 1.12 bits per heavy atom. The van der Waals surface area contributed by atoms with Crippen LogP contribution in [0.1, 0.15) is 53.9 Å². The van der Waals surface area contributed by atoms with E-state index in [2.05, 4.69) is 20.7 Å². The number of anilines is 1. The van der Waals surface area contributed by atoms with Crippen molar-refractivity contribution in [3.63, 3.8) is 0 Å². The van der Waals surface area contributed by atoms with Crippen molar-refractivity contribution in [2.24, 2.45) is 5.92 Å². The predicted molar refractivity (Wildman–Crippen MR) is 96.7 cm³/mol. The summed E-state index contributed by atoms with van der Waals surface area (Å²) in [4.78, 5) is 31.9. The third kappa shape index (κ3) is 4.70. The number of amides is 2. The van der Waals surface area contributed by atoms with E-state index in [1.54, 1.807) is 0 Å². The highest BCUT2D eigenvalue weighted by atomic mass is 32.1. The van der Waals surface area contributed by atoms with Gasteiger partial charge >= 0.3 is 0 Å². The summed E-state index contributed by atoms with van der Waals surface area (Å²) in [7, 11) is 0. The molecule has 25 heavy (non-hydrogen) atoms. The molecular weight excluding hydrogens is 340 g/mol. The van der Waals surface area contributed by atoms with Crippen molar-refractivity contribution < 1.29 is 14.3 Å². The van der Waals surface area contributed by atoms with Crippen molar-refractivity contribution in [2.75, 3.05) is 31.2 Å². The monoisotopic (exact) mass is 366 g/mol. The first-order valence-corrected chi connectivity index (χ1v) is 9.87. The first-order valence-electron chi connectivity index (χ1n) is 9.05. The van der Waals surface area contributed by atoms with E-state index in [1.165, 1.54) is 24.2 Å². The highest BCUT2D eigenvalue weighted by molar-refractivity contribution is 7.17. The number of hydrazine groups is 1. The van der Waals surface area contributed by atoms with E-state index >= 15 is 0 Å². The van der Waals surface area contributed by atoms with E-state index < -0.39 is 0 Å². The Balaban J connectivity index is 1.55. The van der Waals surface area contributed by atoms with Crippen LogP contribution in [0.4, 0.5) is 5.13 Å². The highest BCUT2D eigenvalue weighted by Gasteiger charge is 2.23. The first kappa shape index (κ1) is 18.1. The summed E-state index contributed by atoms with van der Waals surface area (Å²) in [5.74, 6) is -0.364. The molecule has 3 rings (SSSR count). The average Bonchev–Trinajstić information content (AvgIpc) is 2.85. The normalized spacial score (nSPS) is 19.3. The van der Waals surface area contributed by atoms with Crippen LogP contribution >= 0.6 is 11.3 Å². The molecule has 0 aromatic carbocycles. The number of morpholine rings is 1. The lowest BCUT2D eigenvalue weighted by molar-refractivity contribution is -0.126. The van der Waals surface area contributed by atoms with E-state index in [-0.39, 0.29) is 17.7 Å². The highest BCUT2D eigenvalue weighted by Crippen LogP contribution is 2.26. The van der Waals surface area contributed by atoms with Gasteiger partial charge in [-0.05, 0) is 19.8 Å². The summed E-state index contributed by atoms with van der Waals surface area (Å²) >= 11 is 1.36.